The molecule has 2 rings (SSSR count). The SMILES string of the molecule is NN(c1cccc2ccccc12)[SH](=O)=O. The summed E-state index contributed by atoms with van der Waals surface area (Å²) in [5.74, 6) is 5.44. The number of anilines is 1. The molecule has 0 saturated carbocycles. The highest BCUT2D eigenvalue weighted by atomic mass is 32.2. The summed E-state index contributed by atoms with van der Waals surface area (Å²) in [6.07, 6.45) is 0. The lowest BCUT2D eigenvalue weighted by molar-refractivity contribution is 0.611. The first-order valence-corrected chi connectivity index (χ1v) is 5.50. The Morgan fingerprint density at radius 2 is 1.67 bits per heavy atom. The molecule has 0 atom stereocenters. The highest BCUT2D eigenvalue weighted by Crippen LogP contribution is 2.24. The zero-order valence-electron chi connectivity index (χ0n) is 7.83. The Balaban J connectivity index is 2.71. The van der Waals surface area contributed by atoms with E-state index in [1.54, 1.807) is 12.1 Å². The van der Waals surface area contributed by atoms with Crippen molar-refractivity contribution in [2.24, 2.45) is 5.84 Å². The van der Waals surface area contributed by atoms with E-state index in [1.807, 2.05) is 30.3 Å². The third-order valence-corrected chi connectivity index (χ3v) is 2.76. The molecule has 2 N–H and O–H groups in total. The Morgan fingerprint density at radius 3 is 2.40 bits per heavy atom. The molecule has 0 amide bonds. The molecule has 2 aromatic rings. The normalized spacial score (nSPS) is 10.8. The van der Waals surface area contributed by atoms with Crippen molar-refractivity contribution in [1.82, 2.24) is 0 Å². The minimum Gasteiger partial charge on any atom is -0.233 e. The van der Waals surface area contributed by atoms with E-state index in [0.717, 1.165) is 15.2 Å². The summed E-state index contributed by atoms with van der Waals surface area (Å²) in [6.45, 7) is 0. The van der Waals surface area contributed by atoms with E-state index in [2.05, 4.69) is 0 Å². The van der Waals surface area contributed by atoms with E-state index >= 15 is 0 Å². The summed E-state index contributed by atoms with van der Waals surface area (Å²) in [7, 11) is -2.80. The molecule has 0 saturated heterocycles. The fourth-order valence-electron chi connectivity index (χ4n) is 1.50. The van der Waals surface area contributed by atoms with Gasteiger partial charge in [-0.1, -0.05) is 36.4 Å². The Labute approximate surface area is 89.0 Å². The van der Waals surface area contributed by atoms with Crippen molar-refractivity contribution in [3.05, 3.63) is 42.5 Å². The maximum absolute atomic E-state index is 10.8. The second-order valence-corrected chi connectivity index (χ2v) is 3.99. The average molecular weight is 222 g/mol. The van der Waals surface area contributed by atoms with Gasteiger partial charge in [-0.25, -0.2) is 18.7 Å². The first-order valence-electron chi connectivity index (χ1n) is 4.37. The molecule has 0 bridgehead atoms. The first-order chi connectivity index (χ1) is 7.20. The molecule has 4 nitrogen and oxygen atoms in total. The van der Waals surface area contributed by atoms with E-state index in [-0.39, 0.29) is 0 Å². The molecule has 0 fully saturated rings. The Kier molecular flexibility index (Phi) is 2.57. The van der Waals surface area contributed by atoms with Crippen LogP contribution in [0.5, 0.6) is 0 Å². The molecule has 0 aliphatic heterocycles. The number of rotatable bonds is 2. The number of fused-ring (bicyclic) bond motifs is 1. The number of nitrogens with two attached hydrogens (primary N) is 1. The lowest BCUT2D eigenvalue weighted by Crippen LogP contribution is -2.28. The molecule has 15 heavy (non-hydrogen) atoms. The number of nitrogens with zero attached hydrogens (tertiary/aromatic N) is 1. The second-order valence-electron chi connectivity index (χ2n) is 3.08. The summed E-state index contributed by atoms with van der Waals surface area (Å²) in [5.41, 5.74) is 0.490. The zero-order chi connectivity index (χ0) is 10.8. The topological polar surface area (TPSA) is 63.4 Å². The van der Waals surface area contributed by atoms with Gasteiger partial charge < -0.3 is 0 Å². The molecule has 0 aliphatic carbocycles. The monoisotopic (exact) mass is 222 g/mol. The molecule has 0 heterocycles. The van der Waals surface area contributed by atoms with Gasteiger partial charge in [-0.2, -0.15) is 0 Å². The molecule has 0 aromatic heterocycles. The second kappa shape index (κ2) is 3.88. The van der Waals surface area contributed by atoms with Gasteiger partial charge in [-0.05, 0) is 11.5 Å². The van der Waals surface area contributed by atoms with Crippen LogP contribution in [0.25, 0.3) is 10.8 Å². The summed E-state index contributed by atoms with van der Waals surface area (Å²) in [5, 5.41) is 1.78. The maximum atomic E-state index is 10.8. The minimum absolute atomic E-state index is 0.490. The Morgan fingerprint density at radius 1 is 1.00 bits per heavy atom. The standard InChI is InChI=1S/C10H10N2O2S/c11-12(15(13)14)10-7-3-5-8-4-1-2-6-9(8)10/h1-7,15H,11H2. The van der Waals surface area contributed by atoms with Crippen molar-refractivity contribution in [1.29, 1.82) is 0 Å². The van der Waals surface area contributed by atoms with Crippen LogP contribution in [0.15, 0.2) is 42.5 Å². The lowest BCUT2D eigenvalue weighted by atomic mass is 10.1. The highest BCUT2D eigenvalue weighted by molar-refractivity contribution is 7.74. The Hall–Kier alpha value is -1.59. The van der Waals surface area contributed by atoms with Crippen LogP contribution in [0.1, 0.15) is 0 Å². The number of hydrogen-bond acceptors (Lipinski definition) is 3. The molecule has 0 spiro atoms. The number of hydrazine groups is 1. The maximum Gasteiger partial charge on any atom is 0.238 e. The predicted octanol–water partition coefficient (Wildman–Crippen LogP) is 1.05. The summed E-state index contributed by atoms with van der Waals surface area (Å²) in [4.78, 5) is 0. The molecule has 2 aromatic carbocycles. The van der Waals surface area contributed by atoms with Crippen molar-refractivity contribution in [3.63, 3.8) is 0 Å². The lowest BCUT2D eigenvalue weighted by Gasteiger charge is -2.12. The van der Waals surface area contributed by atoms with Crippen LogP contribution >= 0.6 is 0 Å². The smallest absolute Gasteiger partial charge is 0.233 e. The first kappa shape index (κ1) is 9.95. The van der Waals surface area contributed by atoms with Crippen molar-refractivity contribution in [2.45, 2.75) is 0 Å². The van der Waals surface area contributed by atoms with E-state index in [1.165, 1.54) is 0 Å². The summed E-state index contributed by atoms with van der Waals surface area (Å²) in [6, 6.07) is 12.8. The highest BCUT2D eigenvalue weighted by Gasteiger charge is 2.06. The van der Waals surface area contributed by atoms with Gasteiger partial charge in [0.15, 0.2) is 0 Å². The molecule has 78 valence electrons. The molecule has 0 aliphatic rings. The van der Waals surface area contributed by atoms with Crippen LogP contribution in [-0.4, -0.2) is 8.42 Å². The van der Waals surface area contributed by atoms with Crippen molar-refractivity contribution >= 4 is 27.4 Å². The zero-order valence-corrected chi connectivity index (χ0v) is 8.72. The van der Waals surface area contributed by atoms with E-state index in [4.69, 9.17) is 5.84 Å². The van der Waals surface area contributed by atoms with Crippen LogP contribution in [-0.2, 0) is 10.9 Å². The van der Waals surface area contributed by atoms with Crippen molar-refractivity contribution in [3.8, 4) is 0 Å². The van der Waals surface area contributed by atoms with E-state index in [9.17, 15) is 8.42 Å². The van der Waals surface area contributed by atoms with E-state index < -0.39 is 10.9 Å². The fraction of sp³-hybridized carbons (Fsp3) is 0. The molecule has 0 radical (unpaired) electrons. The molecule has 5 heteroatoms. The van der Waals surface area contributed by atoms with Gasteiger partial charge in [0.2, 0.25) is 10.9 Å². The van der Waals surface area contributed by atoms with Gasteiger partial charge in [0, 0.05) is 5.39 Å². The van der Waals surface area contributed by atoms with E-state index in [0.29, 0.717) is 5.69 Å². The van der Waals surface area contributed by atoms with Gasteiger partial charge in [-0.15, -0.1) is 0 Å². The van der Waals surface area contributed by atoms with Crippen molar-refractivity contribution < 1.29 is 8.42 Å². The number of hydrogen-bond donors (Lipinski definition) is 2. The van der Waals surface area contributed by atoms with Crippen LogP contribution in [0.3, 0.4) is 0 Å². The number of thiol groups is 1. The summed E-state index contributed by atoms with van der Waals surface area (Å²) >= 11 is 0. The molecular formula is C10H10N2O2S. The van der Waals surface area contributed by atoms with Crippen LogP contribution in [0, 0.1) is 0 Å². The van der Waals surface area contributed by atoms with Crippen LogP contribution < -0.4 is 10.3 Å². The summed E-state index contributed by atoms with van der Waals surface area (Å²) < 4.78 is 22.3. The van der Waals surface area contributed by atoms with Crippen LogP contribution in [0.2, 0.25) is 0 Å². The van der Waals surface area contributed by atoms with Crippen LogP contribution in [0.4, 0.5) is 5.69 Å². The Bertz CT molecular complexity index is 553. The predicted molar refractivity (Wildman–Crippen MR) is 60.9 cm³/mol. The minimum atomic E-state index is -2.80. The molecule has 0 unspecified atom stereocenters. The number of benzene rings is 2. The largest absolute Gasteiger partial charge is 0.238 e. The average Bonchev–Trinajstić information content (AvgIpc) is 2.27. The quantitative estimate of drug-likeness (QED) is 0.453. The van der Waals surface area contributed by atoms with Gasteiger partial charge in [0.05, 0.1) is 5.69 Å². The molecular weight excluding hydrogens is 212 g/mol. The third kappa shape index (κ3) is 1.79. The fourth-order valence-corrected chi connectivity index (χ4v) is 1.85. The van der Waals surface area contributed by atoms with Gasteiger partial charge in [0.25, 0.3) is 0 Å². The third-order valence-electron chi connectivity index (χ3n) is 2.19. The van der Waals surface area contributed by atoms with Gasteiger partial charge in [-0.3, -0.25) is 0 Å². The van der Waals surface area contributed by atoms with Gasteiger partial charge in [0.1, 0.15) is 0 Å². The van der Waals surface area contributed by atoms with Gasteiger partial charge >= 0.3 is 0 Å². The van der Waals surface area contributed by atoms with Crippen molar-refractivity contribution in [2.75, 3.05) is 4.41 Å².